The van der Waals surface area contributed by atoms with Gasteiger partial charge in [0.25, 0.3) is 0 Å². The number of hydrogen-bond donors (Lipinski definition) is 1. The molecule has 1 unspecified atom stereocenters. The van der Waals surface area contributed by atoms with Gasteiger partial charge in [-0.3, -0.25) is 9.69 Å². The van der Waals surface area contributed by atoms with Crippen molar-refractivity contribution in [1.82, 2.24) is 10.2 Å². The van der Waals surface area contributed by atoms with Gasteiger partial charge in [-0.15, -0.1) is 0 Å². The molecule has 0 radical (unpaired) electrons. The maximum Gasteiger partial charge on any atom is 0.237 e. The van der Waals surface area contributed by atoms with Crippen molar-refractivity contribution in [1.29, 1.82) is 0 Å². The minimum atomic E-state index is -0.0481. The molecule has 1 heterocycles. The molecule has 2 aromatic carbocycles. The van der Waals surface area contributed by atoms with Crippen LogP contribution in [0.25, 0.3) is 0 Å². The first-order chi connectivity index (χ1) is 13.3. The van der Waals surface area contributed by atoms with Gasteiger partial charge in [-0.1, -0.05) is 55.8 Å². The Hall–Kier alpha value is -2.33. The Bertz CT molecular complexity index is 700. The van der Waals surface area contributed by atoms with Gasteiger partial charge in [0.05, 0.1) is 6.04 Å². The van der Waals surface area contributed by atoms with Crippen LogP contribution in [0, 0.1) is 0 Å². The smallest absolute Gasteiger partial charge is 0.237 e. The van der Waals surface area contributed by atoms with E-state index in [9.17, 15) is 4.79 Å². The van der Waals surface area contributed by atoms with E-state index < -0.39 is 0 Å². The molecular formula is C23H30N2O2. The van der Waals surface area contributed by atoms with Gasteiger partial charge >= 0.3 is 0 Å². The van der Waals surface area contributed by atoms with Crippen molar-refractivity contribution >= 4 is 5.91 Å². The number of carbonyl (C=O) groups is 1. The lowest BCUT2D eigenvalue weighted by Gasteiger charge is -2.34. The van der Waals surface area contributed by atoms with Crippen molar-refractivity contribution in [2.75, 3.05) is 19.7 Å². The Labute approximate surface area is 162 Å². The van der Waals surface area contributed by atoms with Crippen LogP contribution in [0.1, 0.15) is 37.3 Å². The summed E-state index contributed by atoms with van der Waals surface area (Å²) in [6.45, 7) is 5.08. The lowest BCUT2D eigenvalue weighted by molar-refractivity contribution is -0.128. The van der Waals surface area contributed by atoms with Crippen molar-refractivity contribution in [3.05, 3.63) is 65.7 Å². The van der Waals surface area contributed by atoms with Crippen LogP contribution in [0.15, 0.2) is 54.6 Å². The zero-order chi connectivity index (χ0) is 18.9. The second-order valence-corrected chi connectivity index (χ2v) is 7.10. The average Bonchev–Trinajstić information content (AvgIpc) is 2.73. The molecule has 1 saturated heterocycles. The molecule has 0 saturated carbocycles. The number of piperidine rings is 1. The number of hydrogen-bond acceptors (Lipinski definition) is 3. The Kier molecular flexibility index (Phi) is 7.28. The van der Waals surface area contributed by atoms with Crippen LogP contribution < -0.4 is 10.1 Å². The van der Waals surface area contributed by atoms with E-state index in [1.165, 1.54) is 5.56 Å². The van der Waals surface area contributed by atoms with Crippen molar-refractivity contribution in [3.63, 3.8) is 0 Å². The third-order valence-corrected chi connectivity index (χ3v) is 5.20. The molecule has 1 N–H and O–H groups in total. The van der Waals surface area contributed by atoms with Crippen molar-refractivity contribution < 1.29 is 9.53 Å². The van der Waals surface area contributed by atoms with Gasteiger partial charge in [-0.05, 0) is 49.1 Å². The molecular weight excluding hydrogens is 336 g/mol. The number of amides is 1. The highest BCUT2D eigenvalue weighted by atomic mass is 16.5. The molecule has 0 bridgehead atoms. The summed E-state index contributed by atoms with van der Waals surface area (Å²) >= 11 is 0. The summed E-state index contributed by atoms with van der Waals surface area (Å²) in [5.74, 6) is 1.01. The Morgan fingerprint density at radius 2 is 1.81 bits per heavy atom. The van der Waals surface area contributed by atoms with Crippen LogP contribution >= 0.6 is 0 Å². The number of aryl methyl sites for hydroxylation is 1. The summed E-state index contributed by atoms with van der Waals surface area (Å²) < 4.78 is 5.81. The molecule has 144 valence electrons. The molecule has 1 fully saturated rings. The SMILES string of the molecule is CCc1ccc(CNC(=O)C2CCCCN2CCOc2ccccc2)cc1. The summed E-state index contributed by atoms with van der Waals surface area (Å²) in [6, 6.07) is 18.3. The molecule has 1 aliphatic rings. The van der Waals surface area contributed by atoms with E-state index in [2.05, 4.69) is 41.4 Å². The molecule has 0 spiro atoms. The molecule has 1 aliphatic heterocycles. The van der Waals surface area contributed by atoms with E-state index in [4.69, 9.17) is 4.74 Å². The number of nitrogens with one attached hydrogen (secondary N) is 1. The second-order valence-electron chi connectivity index (χ2n) is 7.10. The first kappa shape index (κ1) is 19.4. The van der Waals surface area contributed by atoms with Gasteiger partial charge in [0, 0.05) is 13.1 Å². The number of para-hydroxylation sites is 1. The predicted octanol–water partition coefficient (Wildman–Crippen LogP) is 3.80. The maximum atomic E-state index is 12.7. The first-order valence-electron chi connectivity index (χ1n) is 10.0. The van der Waals surface area contributed by atoms with Gasteiger partial charge < -0.3 is 10.1 Å². The molecule has 3 rings (SSSR count). The molecule has 4 heteroatoms. The van der Waals surface area contributed by atoms with Crippen LogP contribution in [0.4, 0.5) is 0 Å². The number of benzene rings is 2. The topological polar surface area (TPSA) is 41.6 Å². The van der Waals surface area contributed by atoms with Gasteiger partial charge in [-0.2, -0.15) is 0 Å². The van der Waals surface area contributed by atoms with Crippen LogP contribution in [0.5, 0.6) is 5.75 Å². The zero-order valence-electron chi connectivity index (χ0n) is 16.2. The highest BCUT2D eigenvalue weighted by molar-refractivity contribution is 5.81. The zero-order valence-corrected chi connectivity index (χ0v) is 16.2. The Morgan fingerprint density at radius 1 is 1.07 bits per heavy atom. The predicted molar refractivity (Wildman–Crippen MR) is 109 cm³/mol. The van der Waals surface area contributed by atoms with Gasteiger partial charge in [0.2, 0.25) is 5.91 Å². The molecule has 4 nitrogen and oxygen atoms in total. The summed E-state index contributed by atoms with van der Waals surface area (Å²) in [6.07, 6.45) is 4.22. The van der Waals surface area contributed by atoms with Crippen molar-refractivity contribution in [2.24, 2.45) is 0 Å². The molecule has 27 heavy (non-hydrogen) atoms. The third kappa shape index (κ3) is 5.83. The molecule has 1 amide bonds. The fourth-order valence-corrected chi connectivity index (χ4v) is 3.55. The van der Waals surface area contributed by atoms with Gasteiger partial charge in [0.1, 0.15) is 12.4 Å². The van der Waals surface area contributed by atoms with Crippen LogP contribution in [-0.4, -0.2) is 36.5 Å². The summed E-state index contributed by atoms with van der Waals surface area (Å²) in [5.41, 5.74) is 2.47. The summed E-state index contributed by atoms with van der Waals surface area (Å²) in [5, 5.41) is 3.12. The second kappa shape index (κ2) is 10.1. The number of likely N-dealkylation sites (tertiary alicyclic amines) is 1. The Balaban J connectivity index is 1.48. The molecule has 0 aliphatic carbocycles. The van der Waals surface area contributed by atoms with Crippen LogP contribution in [0.2, 0.25) is 0 Å². The molecule has 1 atom stereocenters. The minimum Gasteiger partial charge on any atom is -0.492 e. The van der Waals surface area contributed by atoms with E-state index in [1.54, 1.807) is 0 Å². The van der Waals surface area contributed by atoms with E-state index in [0.717, 1.165) is 50.1 Å². The van der Waals surface area contributed by atoms with Crippen molar-refractivity contribution in [3.8, 4) is 5.75 Å². The fourth-order valence-electron chi connectivity index (χ4n) is 3.55. The van der Waals surface area contributed by atoms with E-state index in [0.29, 0.717) is 13.2 Å². The van der Waals surface area contributed by atoms with Crippen LogP contribution in [-0.2, 0) is 17.8 Å². The number of nitrogens with zero attached hydrogens (tertiary/aromatic N) is 1. The van der Waals surface area contributed by atoms with E-state index >= 15 is 0 Å². The quantitative estimate of drug-likeness (QED) is 0.773. The molecule has 2 aromatic rings. The van der Waals surface area contributed by atoms with E-state index in [-0.39, 0.29) is 11.9 Å². The summed E-state index contributed by atoms with van der Waals surface area (Å²) in [7, 11) is 0. The Morgan fingerprint density at radius 3 is 2.56 bits per heavy atom. The van der Waals surface area contributed by atoms with Gasteiger partial charge in [-0.25, -0.2) is 0 Å². The maximum absolute atomic E-state index is 12.7. The normalized spacial score (nSPS) is 17.4. The highest BCUT2D eigenvalue weighted by Crippen LogP contribution is 2.18. The monoisotopic (exact) mass is 366 g/mol. The number of ether oxygens (including phenoxy) is 1. The van der Waals surface area contributed by atoms with Crippen molar-refractivity contribution in [2.45, 2.75) is 45.2 Å². The minimum absolute atomic E-state index is 0.0481. The molecule has 0 aromatic heterocycles. The third-order valence-electron chi connectivity index (χ3n) is 5.20. The fraction of sp³-hybridized carbons (Fsp3) is 0.435. The lowest BCUT2D eigenvalue weighted by atomic mass is 10.0. The number of rotatable bonds is 8. The summed E-state index contributed by atoms with van der Waals surface area (Å²) in [4.78, 5) is 15.0. The largest absolute Gasteiger partial charge is 0.492 e. The highest BCUT2D eigenvalue weighted by Gasteiger charge is 2.28. The van der Waals surface area contributed by atoms with Gasteiger partial charge in [0.15, 0.2) is 0 Å². The number of carbonyl (C=O) groups excluding carboxylic acids is 1. The average molecular weight is 367 g/mol. The standard InChI is InChI=1S/C23H30N2O2/c1-2-19-11-13-20(14-12-19)18-24-23(26)22-10-6-7-15-25(22)16-17-27-21-8-4-3-5-9-21/h3-5,8-9,11-14,22H,2,6-7,10,15-18H2,1H3,(H,24,26). The lowest BCUT2D eigenvalue weighted by Crippen LogP contribution is -2.50. The van der Waals surface area contributed by atoms with E-state index in [1.807, 2.05) is 30.3 Å². The first-order valence-corrected chi connectivity index (χ1v) is 10.0. The van der Waals surface area contributed by atoms with Crippen LogP contribution in [0.3, 0.4) is 0 Å².